The molecule has 0 radical (unpaired) electrons. The number of carbonyl (C=O) groups is 2. The number of rotatable bonds is 10. The molecule has 1 aromatic rings. The van der Waals surface area contributed by atoms with Crippen molar-refractivity contribution in [2.75, 3.05) is 46.5 Å². The molecule has 35 heavy (non-hydrogen) atoms. The molecular weight excluding hydrogens is 472 g/mol. The van der Waals surface area contributed by atoms with Crippen LogP contribution in [0.2, 0.25) is 5.02 Å². The summed E-state index contributed by atoms with van der Waals surface area (Å²) in [5.41, 5.74) is 6.93. The number of ether oxygens (including phenoxy) is 3. The van der Waals surface area contributed by atoms with E-state index < -0.39 is 6.09 Å². The van der Waals surface area contributed by atoms with Gasteiger partial charge in [0.1, 0.15) is 0 Å². The summed E-state index contributed by atoms with van der Waals surface area (Å²) in [6.45, 7) is 3.04. The molecule has 2 fully saturated rings. The Morgan fingerprint density at radius 3 is 2.86 bits per heavy atom. The van der Waals surface area contributed by atoms with Crippen LogP contribution in [-0.2, 0) is 14.2 Å². The van der Waals surface area contributed by atoms with E-state index in [0.717, 1.165) is 50.7 Å². The first kappa shape index (κ1) is 27.5. The Labute approximate surface area is 213 Å². The molecular formula is C25H39ClN4O5. The molecule has 3 rings (SSSR count). The lowest BCUT2D eigenvalue weighted by atomic mass is 9.88. The number of halogens is 1. The third-order valence-electron chi connectivity index (χ3n) is 6.64. The molecule has 2 unspecified atom stereocenters. The summed E-state index contributed by atoms with van der Waals surface area (Å²) in [4.78, 5) is 26.3. The molecule has 2 aliphatic rings. The number of hydrogen-bond donors (Lipinski definition) is 3. The second-order valence-electron chi connectivity index (χ2n) is 9.22. The van der Waals surface area contributed by atoms with Crippen LogP contribution in [0.25, 0.3) is 0 Å². The number of alkyl carbamates (subject to hydrolysis) is 1. The Kier molecular flexibility index (Phi) is 11.4. The predicted octanol–water partition coefficient (Wildman–Crippen LogP) is 3.46. The fraction of sp³-hybridized carbons (Fsp3) is 0.680. The third-order valence-corrected chi connectivity index (χ3v) is 6.87. The van der Waals surface area contributed by atoms with Gasteiger partial charge in [-0.15, -0.1) is 0 Å². The molecule has 4 atom stereocenters. The van der Waals surface area contributed by atoms with Crippen LogP contribution < -0.4 is 16.4 Å². The quantitative estimate of drug-likeness (QED) is 0.415. The average Bonchev–Trinajstić information content (AvgIpc) is 2.88. The largest absolute Gasteiger partial charge is 0.453 e. The molecule has 196 valence electrons. The SMILES string of the molecule is COC(=O)NCCOC(c1cccc(Cl)c1)[C@@H]1CCCN(C(=O)N[C@H](CN)CC2CCCCO2)C1. The fourth-order valence-electron chi connectivity index (χ4n) is 4.83. The monoisotopic (exact) mass is 510 g/mol. The third kappa shape index (κ3) is 8.83. The van der Waals surface area contributed by atoms with Crippen LogP contribution in [0.4, 0.5) is 9.59 Å². The topological polar surface area (TPSA) is 115 Å². The predicted molar refractivity (Wildman–Crippen MR) is 134 cm³/mol. The van der Waals surface area contributed by atoms with Crippen LogP contribution in [0.5, 0.6) is 0 Å². The number of likely N-dealkylation sites (tertiary alicyclic amines) is 1. The van der Waals surface area contributed by atoms with Crippen molar-refractivity contribution in [2.45, 2.75) is 56.8 Å². The van der Waals surface area contributed by atoms with E-state index in [1.54, 1.807) is 0 Å². The van der Waals surface area contributed by atoms with E-state index in [0.29, 0.717) is 37.8 Å². The van der Waals surface area contributed by atoms with Gasteiger partial charge in [0.15, 0.2) is 0 Å². The summed E-state index contributed by atoms with van der Waals surface area (Å²) in [6, 6.07) is 7.39. The van der Waals surface area contributed by atoms with Gasteiger partial charge in [-0.1, -0.05) is 23.7 Å². The number of benzene rings is 1. The lowest BCUT2D eigenvalue weighted by molar-refractivity contribution is -0.00926. The van der Waals surface area contributed by atoms with Crippen molar-refractivity contribution in [3.05, 3.63) is 34.9 Å². The zero-order chi connectivity index (χ0) is 25.0. The van der Waals surface area contributed by atoms with Crippen molar-refractivity contribution in [3.8, 4) is 0 Å². The normalized spacial score (nSPS) is 22.2. The van der Waals surface area contributed by atoms with Crippen molar-refractivity contribution in [1.29, 1.82) is 0 Å². The Bertz CT molecular complexity index is 808. The van der Waals surface area contributed by atoms with Crippen LogP contribution in [0.15, 0.2) is 24.3 Å². The van der Waals surface area contributed by atoms with Crippen molar-refractivity contribution >= 4 is 23.7 Å². The Hall–Kier alpha value is -2.07. The molecule has 0 aliphatic carbocycles. The molecule has 0 aromatic heterocycles. The van der Waals surface area contributed by atoms with E-state index in [-0.39, 0.29) is 30.2 Å². The molecule has 9 nitrogen and oxygen atoms in total. The van der Waals surface area contributed by atoms with Gasteiger partial charge in [0.05, 0.1) is 25.9 Å². The number of nitrogens with one attached hydrogen (secondary N) is 2. The number of amides is 3. The fourth-order valence-corrected chi connectivity index (χ4v) is 5.03. The summed E-state index contributed by atoms with van der Waals surface area (Å²) < 4.78 is 16.7. The zero-order valence-electron chi connectivity index (χ0n) is 20.5. The van der Waals surface area contributed by atoms with Crippen molar-refractivity contribution in [1.82, 2.24) is 15.5 Å². The minimum atomic E-state index is -0.499. The molecule has 4 N–H and O–H groups in total. The highest BCUT2D eigenvalue weighted by atomic mass is 35.5. The number of urea groups is 1. The second kappa shape index (κ2) is 14.5. The number of nitrogens with two attached hydrogens (primary N) is 1. The number of methoxy groups -OCH3 is 1. The van der Waals surface area contributed by atoms with Gasteiger partial charge in [0.2, 0.25) is 0 Å². The number of nitrogens with zero attached hydrogens (tertiary/aromatic N) is 1. The maximum atomic E-state index is 13.1. The van der Waals surface area contributed by atoms with Crippen molar-refractivity contribution < 1.29 is 23.8 Å². The van der Waals surface area contributed by atoms with Gasteiger partial charge >= 0.3 is 12.1 Å². The number of piperidine rings is 1. The van der Waals surface area contributed by atoms with E-state index in [4.69, 9.17) is 26.8 Å². The summed E-state index contributed by atoms with van der Waals surface area (Å²) >= 11 is 6.26. The van der Waals surface area contributed by atoms with E-state index >= 15 is 0 Å². The minimum absolute atomic E-state index is 0.0871. The van der Waals surface area contributed by atoms with E-state index in [1.165, 1.54) is 7.11 Å². The smallest absolute Gasteiger partial charge is 0.406 e. The first-order valence-corrected chi connectivity index (χ1v) is 12.9. The van der Waals surface area contributed by atoms with Crippen molar-refractivity contribution in [3.63, 3.8) is 0 Å². The van der Waals surface area contributed by atoms with Crippen LogP contribution >= 0.6 is 11.6 Å². The Balaban J connectivity index is 1.60. The summed E-state index contributed by atoms with van der Waals surface area (Å²) in [5, 5.41) is 6.38. The van der Waals surface area contributed by atoms with Crippen LogP contribution in [0.3, 0.4) is 0 Å². The molecule has 0 saturated carbocycles. The summed E-state index contributed by atoms with van der Waals surface area (Å²) in [5.74, 6) is 0.0871. The highest BCUT2D eigenvalue weighted by molar-refractivity contribution is 6.30. The lowest BCUT2D eigenvalue weighted by Crippen LogP contribution is -2.52. The maximum Gasteiger partial charge on any atom is 0.406 e. The van der Waals surface area contributed by atoms with Crippen LogP contribution in [0, 0.1) is 5.92 Å². The number of hydrogen-bond acceptors (Lipinski definition) is 6. The van der Waals surface area contributed by atoms with Crippen LogP contribution in [0.1, 0.15) is 50.2 Å². The molecule has 10 heteroatoms. The van der Waals surface area contributed by atoms with Gasteiger partial charge < -0.3 is 35.5 Å². The maximum absolute atomic E-state index is 13.1. The lowest BCUT2D eigenvalue weighted by Gasteiger charge is -2.38. The Morgan fingerprint density at radius 1 is 1.29 bits per heavy atom. The molecule has 1 aromatic carbocycles. The van der Waals surface area contributed by atoms with Gasteiger partial charge in [-0.2, -0.15) is 0 Å². The first-order valence-electron chi connectivity index (χ1n) is 12.6. The summed E-state index contributed by atoms with van der Waals surface area (Å²) in [7, 11) is 1.32. The molecule has 3 amide bonds. The number of carbonyl (C=O) groups excluding carboxylic acids is 2. The average molecular weight is 511 g/mol. The molecule has 2 heterocycles. The Morgan fingerprint density at radius 2 is 2.14 bits per heavy atom. The van der Waals surface area contributed by atoms with Gasteiger partial charge in [0.25, 0.3) is 0 Å². The summed E-state index contributed by atoms with van der Waals surface area (Å²) in [6.07, 6.45) is 5.20. The van der Waals surface area contributed by atoms with Gasteiger partial charge in [-0.25, -0.2) is 9.59 Å². The minimum Gasteiger partial charge on any atom is -0.453 e. The van der Waals surface area contributed by atoms with E-state index in [2.05, 4.69) is 15.4 Å². The van der Waals surface area contributed by atoms with E-state index in [9.17, 15) is 9.59 Å². The molecule has 0 bridgehead atoms. The highest BCUT2D eigenvalue weighted by Gasteiger charge is 2.32. The second-order valence-corrected chi connectivity index (χ2v) is 9.66. The standard InChI is InChI=1S/C25H39ClN4O5/c1-33-25(32)28-10-13-35-23(18-6-4-8-20(26)14-18)19-7-5-11-30(17-19)24(31)29-21(16-27)15-22-9-2-3-12-34-22/h4,6,8,14,19,21-23H,2-3,5,7,9-13,15-17,27H2,1H3,(H,28,32)(H,29,31)/t19-,21+,22?,23?/m1/s1. The van der Waals surface area contributed by atoms with Gasteiger partial charge in [-0.05, 0) is 56.2 Å². The first-order chi connectivity index (χ1) is 17.0. The van der Waals surface area contributed by atoms with Gasteiger partial charge in [0, 0.05) is 49.8 Å². The molecule has 2 aliphatic heterocycles. The van der Waals surface area contributed by atoms with E-state index in [1.807, 2.05) is 29.2 Å². The van der Waals surface area contributed by atoms with Crippen molar-refractivity contribution in [2.24, 2.45) is 11.7 Å². The molecule has 2 saturated heterocycles. The van der Waals surface area contributed by atoms with Crippen LogP contribution in [-0.4, -0.2) is 75.7 Å². The highest BCUT2D eigenvalue weighted by Crippen LogP contribution is 2.34. The van der Waals surface area contributed by atoms with Gasteiger partial charge in [-0.3, -0.25) is 0 Å². The zero-order valence-corrected chi connectivity index (χ0v) is 21.3. The molecule has 0 spiro atoms.